The molecule has 2 N–H and O–H groups in total. The molecule has 0 aliphatic carbocycles. The topological polar surface area (TPSA) is 91.4 Å². The molecule has 0 spiro atoms. The van der Waals surface area contributed by atoms with Crippen LogP contribution in [0, 0.1) is 0 Å². The number of hydrogen-bond acceptors (Lipinski definition) is 5. The second kappa shape index (κ2) is 6.41. The summed E-state index contributed by atoms with van der Waals surface area (Å²) in [6, 6.07) is 8.51. The van der Waals surface area contributed by atoms with E-state index in [0.29, 0.717) is 5.13 Å². The number of benzene rings is 1. The minimum atomic E-state index is -0.619. The van der Waals surface area contributed by atoms with E-state index in [0.717, 1.165) is 10.5 Å². The van der Waals surface area contributed by atoms with Gasteiger partial charge in [0.1, 0.15) is 12.2 Å². The molecule has 1 fully saturated rings. The summed E-state index contributed by atoms with van der Waals surface area (Å²) >= 11 is 1.25. The van der Waals surface area contributed by atoms with Crippen LogP contribution in [0.4, 0.5) is 9.93 Å². The predicted octanol–water partition coefficient (Wildman–Crippen LogP) is 1.67. The Kier molecular flexibility index (Phi) is 4.15. The minimum Gasteiger partial charge on any atom is -0.303 e. The maximum absolute atomic E-state index is 12.2. The van der Waals surface area contributed by atoms with Gasteiger partial charge in [0.15, 0.2) is 5.13 Å². The Morgan fingerprint density at radius 2 is 2.09 bits per heavy atom. The van der Waals surface area contributed by atoms with E-state index in [9.17, 15) is 14.4 Å². The van der Waals surface area contributed by atoms with Crippen molar-refractivity contribution in [3.05, 3.63) is 53.2 Å². The Hall–Kier alpha value is -3.00. The molecule has 3 rings (SSSR count). The van der Waals surface area contributed by atoms with Crippen molar-refractivity contribution in [3.8, 4) is 0 Å². The van der Waals surface area contributed by atoms with Crippen LogP contribution >= 0.6 is 11.3 Å². The minimum absolute atomic E-state index is 0.142. The molecule has 23 heavy (non-hydrogen) atoms. The van der Waals surface area contributed by atoms with Gasteiger partial charge >= 0.3 is 6.03 Å². The van der Waals surface area contributed by atoms with Gasteiger partial charge in [0, 0.05) is 11.6 Å². The van der Waals surface area contributed by atoms with Gasteiger partial charge in [-0.05, 0) is 11.6 Å². The van der Waals surface area contributed by atoms with Gasteiger partial charge in [0.05, 0.1) is 0 Å². The highest BCUT2D eigenvalue weighted by atomic mass is 32.1. The number of hydrogen-bond donors (Lipinski definition) is 2. The molecule has 7 nitrogen and oxygen atoms in total. The van der Waals surface area contributed by atoms with Gasteiger partial charge in [0.25, 0.3) is 5.91 Å². The Balaban J connectivity index is 1.69. The van der Waals surface area contributed by atoms with Crippen molar-refractivity contribution in [3.63, 3.8) is 0 Å². The maximum Gasteiger partial charge on any atom is 0.329 e. The van der Waals surface area contributed by atoms with Crippen LogP contribution < -0.4 is 10.6 Å². The average molecular weight is 328 g/mol. The van der Waals surface area contributed by atoms with Crippen molar-refractivity contribution in [2.45, 2.75) is 0 Å². The van der Waals surface area contributed by atoms with Gasteiger partial charge in [-0.25, -0.2) is 14.7 Å². The number of carbonyl (C=O) groups excluding carboxylic acids is 3. The summed E-state index contributed by atoms with van der Waals surface area (Å²) in [5.74, 6) is -1.02. The van der Waals surface area contributed by atoms with Crippen molar-refractivity contribution in [1.29, 1.82) is 0 Å². The zero-order valence-corrected chi connectivity index (χ0v) is 12.7. The molecule has 1 aromatic heterocycles. The van der Waals surface area contributed by atoms with Crippen LogP contribution in [0.15, 0.2) is 47.6 Å². The van der Waals surface area contributed by atoms with Crippen LogP contribution in [0.25, 0.3) is 6.08 Å². The van der Waals surface area contributed by atoms with Crippen molar-refractivity contribution in [2.75, 3.05) is 11.9 Å². The smallest absolute Gasteiger partial charge is 0.303 e. The van der Waals surface area contributed by atoms with Gasteiger partial charge in [-0.1, -0.05) is 30.3 Å². The summed E-state index contributed by atoms with van der Waals surface area (Å²) < 4.78 is 0. The molecular formula is C15H12N4O3S. The van der Waals surface area contributed by atoms with Crippen molar-refractivity contribution < 1.29 is 14.4 Å². The lowest BCUT2D eigenvalue weighted by atomic mass is 10.2. The summed E-state index contributed by atoms with van der Waals surface area (Å²) in [5, 5.41) is 7.13. The van der Waals surface area contributed by atoms with Crippen LogP contribution in [0.2, 0.25) is 0 Å². The van der Waals surface area contributed by atoms with Crippen LogP contribution in [0.3, 0.4) is 0 Å². The molecule has 2 heterocycles. The third kappa shape index (κ3) is 3.43. The number of nitrogens with one attached hydrogen (secondary N) is 2. The number of nitrogens with zero attached hydrogens (tertiary/aromatic N) is 2. The lowest BCUT2D eigenvalue weighted by Crippen LogP contribution is -2.38. The molecule has 4 amide bonds. The molecule has 0 radical (unpaired) electrons. The van der Waals surface area contributed by atoms with E-state index in [1.165, 1.54) is 11.3 Å². The summed E-state index contributed by atoms with van der Waals surface area (Å²) in [7, 11) is 0. The molecule has 116 valence electrons. The van der Waals surface area contributed by atoms with Crippen LogP contribution in [-0.2, 0) is 9.59 Å². The van der Waals surface area contributed by atoms with Crippen LogP contribution in [0.1, 0.15) is 5.56 Å². The van der Waals surface area contributed by atoms with Gasteiger partial charge in [-0.3, -0.25) is 9.59 Å². The predicted molar refractivity (Wildman–Crippen MR) is 85.4 cm³/mol. The highest BCUT2D eigenvalue weighted by molar-refractivity contribution is 7.13. The van der Waals surface area contributed by atoms with E-state index in [1.54, 1.807) is 17.7 Å². The van der Waals surface area contributed by atoms with Gasteiger partial charge in [-0.2, -0.15) is 0 Å². The standard InChI is InChI=1S/C15H12N4O3S/c20-12(18-14-16-6-7-23-14)9-19-13(21)11(17-15(19)22)8-10-4-2-1-3-5-10/h1-8H,9H2,(H,17,22)(H,16,18,20). The average Bonchev–Trinajstić information content (AvgIpc) is 3.13. The molecule has 0 saturated carbocycles. The van der Waals surface area contributed by atoms with Crippen LogP contribution in [0.5, 0.6) is 0 Å². The Labute approximate surface area is 135 Å². The molecule has 1 aliphatic rings. The molecule has 1 aromatic carbocycles. The number of urea groups is 1. The zero-order valence-electron chi connectivity index (χ0n) is 11.9. The van der Waals surface area contributed by atoms with Crippen LogP contribution in [-0.4, -0.2) is 34.3 Å². The number of imide groups is 1. The number of amides is 4. The molecule has 0 bridgehead atoms. The molecule has 0 atom stereocenters. The Bertz CT molecular complexity index is 771. The lowest BCUT2D eigenvalue weighted by Gasteiger charge is -2.10. The molecule has 8 heteroatoms. The molecule has 2 aromatic rings. The number of carbonyl (C=O) groups is 3. The first-order chi connectivity index (χ1) is 11.1. The van der Waals surface area contributed by atoms with E-state index >= 15 is 0 Å². The van der Waals surface area contributed by atoms with E-state index < -0.39 is 17.8 Å². The quantitative estimate of drug-likeness (QED) is 0.660. The van der Waals surface area contributed by atoms with Gasteiger partial charge in [-0.15, -0.1) is 11.3 Å². The molecule has 0 unspecified atom stereocenters. The number of aromatic nitrogens is 1. The second-order valence-electron chi connectivity index (χ2n) is 4.68. The SMILES string of the molecule is O=C(CN1C(=O)NC(=Cc2ccccc2)C1=O)Nc1nccs1. The maximum atomic E-state index is 12.2. The van der Waals surface area contributed by atoms with E-state index in [1.807, 2.05) is 30.3 Å². The van der Waals surface area contributed by atoms with Crippen molar-refractivity contribution >= 4 is 40.4 Å². The Morgan fingerprint density at radius 1 is 1.30 bits per heavy atom. The second-order valence-corrected chi connectivity index (χ2v) is 5.57. The fraction of sp³-hybridized carbons (Fsp3) is 0.0667. The molecule has 1 aliphatic heterocycles. The van der Waals surface area contributed by atoms with E-state index in [2.05, 4.69) is 15.6 Å². The van der Waals surface area contributed by atoms with E-state index in [-0.39, 0.29) is 12.2 Å². The first-order valence-corrected chi connectivity index (χ1v) is 7.60. The highest BCUT2D eigenvalue weighted by Gasteiger charge is 2.34. The van der Waals surface area contributed by atoms with Crippen molar-refractivity contribution in [2.24, 2.45) is 0 Å². The van der Waals surface area contributed by atoms with Gasteiger partial charge < -0.3 is 10.6 Å². The summed E-state index contributed by atoms with van der Waals surface area (Å²) in [6.07, 6.45) is 3.12. The van der Waals surface area contributed by atoms with E-state index in [4.69, 9.17) is 0 Å². The third-order valence-electron chi connectivity index (χ3n) is 3.05. The summed E-state index contributed by atoms with van der Waals surface area (Å²) in [6.45, 7) is -0.365. The lowest BCUT2D eigenvalue weighted by molar-refractivity contribution is -0.127. The fourth-order valence-corrected chi connectivity index (χ4v) is 2.56. The Morgan fingerprint density at radius 3 is 2.78 bits per heavy atom. The largest absolute Gasteiger partial charge is 0.329 e. The molecule has 1 saturated heterocycles. The van der Waals surface area contributed by atoms with Crippen molar-refractivity contribution in [1.82, 2.24) is 15.2 Å². The summed E-state index contributed by atoms with van der Waals surface area (Å²) in [4.78, 5) is 40.8. The molecular weight excluding hydrogens is 316 g/mol. The highest BCUT2D eigenvalue weighted by Crippen LogP contribution is 2.15. The normalized spacial score (nSPS) is 15.8. The first kappa shape index (κ1) is 14.9. The number of thiazole rings is 1. The first-order valence-electron chi connectivity index (χ1n) is 6.72. The number of anilines is 1. The van der Waals surface area contributed by atoms with Gasteiger partial charge in [0.2, 0.25) is 5.91 Å². The zero-order chi connectivity index (χ0) is 16.2. The summed E-state index contributed by atoms with van der Waals surface area (Å²) in [5.41, 5.74) is 0.925. The number of rotatable bonds is 4. The monoisotopic (exact) mass is 328 g/mol. The third-order valence-corrected chi connectivity index (χ3v) is 3.74. The fourth-order valence-electron chi connectivity index (χ4n) is 2.02.